The highest BCUT2D eigenvalue weighted by Crippen LogP contribution is 2.22. The number of allylic oxidation sites excluding steroid dienone is 3. The summed E-state index contributed by atoms with van der Waals surface area (Å²) in [4.78, 5) is 29.5. The summed E-state index contributed by atoms with van der Waals surface area (Å²) in [5.74, 6) is 0.657. The average molecular weight is 621 g/mol. The SMILES string of the molecule is C=C1/C=C\C/C=C\C(C)N=C(CCc2ccc(C)c(Br)c2)N1C(=O)OC(C)(C)C.CC.CCC(C)(C)OC(N)=O. The fourth-order valence-electron chi connectivity index (χ4n) is 3.23. The van der Waals surface area contributed by atoms with Gasteiger partial charge in [-0.25, -0.2) is 14.5 Å². The van der Waals surface area contributed by atoms with E-state index in [2.05, 4.69) is 53.7 Å². The van der Waals surface area contributed by atoms with Gasteiger partial charge in [0.25, 0.3) is 0 Å². The molecule has 1 aromatic carbocycles. The quantitative estimate of drug-likeness (QED) is 0.332. The minimum absolute atomic E-state index is 0.0426. The third-order valence-electron chi connectivity index (χ3n) is 5.57. The first kappa shape index (κ1) is 37.1. The van der Waals surface area contributed by atoms with Gasteiger partial charge in [0.2, 0.25) is 0 Å². The molecule has 1 heterocycles. The summed E-state index contributed by atoms with van der Waals surface area (Å²) in [7, 11) is 0. The van der Waals surface area contributed by atoms with Gasteiger partial charge < -0.3 is 15.2 Å². The summed E-state index contributed by atoms with van der Waals surface area (Å²) >= 11 is 3.59. The molecule has 1 aromatic rings. The molecule has 0 aliphatic carbocycles. The van der Waals surface area contributed by atoms with E-state index in [1.54, 1.807) is 0 Å². The van der Waals surface area contributed by atoms with E-state index in [-0.39, 0.29) is 6.04 Å². The first-order chi connectivity index (χ1) is 18.5. The maximum Gasteiger partial charge on any atom is 0.420 e. The van der Waals surface area contributed by atoms with Crippen molar-refractivity contribution < 1.29 is 19.1 Å². The van der Waals surface area contributed by atoms with Gasteiger partial charge in [-0.1, -0.05) is 73.6 Å². The van der Waals surface area contributed by atoms with E-state index in [1.165, 1.54) is 16.0 Å². The van der Waals surface area contributed by atoms with E-state index in [4.69, 9.17) is 20.2 Å². The van der Waals surface area contributed by atoms with Crippen molar-refractivity contribution in [2.45, 2.75) is 112 Å². The van der Waals surface area contributed by atoms with Crippen LogP contribution in [0.3, 0.4) is 0 Å². The lowest BCUT2D eigenvalue weighted by Gasteiger charge is -2.29. The lowest BCUT2D eigenvalue weighted by molar-refractivity contribution is 0.0408. The van der Waals surface area contributed by atoms with Gasteiger partial charge in [0.1, 0.15) is 17.0 Å². The maximum atomic E-state index is 13.0. The number of halogens is 1. The number of aliphatic imine (C=N–C) groups is 1. The van der Waals surface area contributed by atoms with E-state index in [0.717, 1.165) is 23.7 Å². The van der Waals surface area contributed by atoms with Crippen LogP contribution in [0.4, 0.5) is 9.59 Å². The van der Waals surface area contributed by atoms with Crippen LogP contribution in [0.1, 0.15) is 92.7 Å². The van der Waals surface area contributed by atoms with Crippen molar-refractivity contribution in [1.29, 1.82) is 0 Å². The Morgan fingerprint density at radius 2 is 1.75 bits per heavy atom. The van der Waals surface area contributed by atoms with Gasteiger partial charge in [-0.2, -0.15) is 0 Å². The van der Waals surface area contributed by atoms with Gasteiger partial charge in [-0.3, -0.25) is 4.99 Å². The number of hydrogen-bond donors (Lipinski definition) is 1. The molecule has 0 radical (unpaired) electrons. The number of nitrogens with two attached hydrogens (primary N) is 1. The number of benzene rings is 1. The molecule has 0 fully saturated rings. The van der Waals surface area contributed by atoms with Gasteiger partial charge >= 0.3 is 12.2 Å². The molecule has 1 unspecified atom stereocenters. The molecule has 2 N–H and O–H groups in total. The second kappa shape index (κ2) is 17.7. The van der Waals surface area contributed by atoms with Crippen molar-refractivity contribution >= 4 is 34.0 Å². The highest BCUT2D eigenvalue weighted by Gasteiger charge is 2.27. The highest BCUT2D eigenvalue weighted by atomic mass is 79.9. The van der Waals surface area contributed by atoms with E-state index >= 15 is 0 Å². The molecule has 7 nitrogen and oxygen atoms in total. The smallest absolute Gasteiger partial charge is 0.420 e. The first-order valence-electron chi connectivity index (χ1n) is 13.9. The number of rotatable bonds is 5. The zero-order valence-electron chi connectivity index (χ0n) is 26.1. The van der Waals surface area contributed by atoms with Crippen LogP contribution in [-0.2, 0) is 15.9 Å². The largest absolute Gasteiger partial charge is 0.444 e. The van der Waals surface area contributed by atoms with Crippen molar-refractivity contribution in [2.75, 3.05) is 0 Å². The minimum atomic E-state index is -0.707. The van der Waals surface area contributed by atoms with Gasteiger partial charge in [0.15, 0.2) is 0 Å². The zero-order chi connectivity index (χ0) is 31.1. The molecule has 2 amide bonds. The van der Waals surface area contributed by atoms with Crippen LogP contribution in [0, 0.1) is 6.92 Å². The number of carbonyl (C=O) groups is 2. The van der Waals surface area contributed by atoms with E-state index in [0.29, 0.717) is 18.0 Å². The number of carbonyl (C=O) groups excluding carboxylic acids is 2. The summed E-state index contributed by atoms with van der Waals surface area (Å²) in [5.41, 5.74) is 6.71. The van der Waals surface area contributed by atoms with E-state index in [1.807, 2.05) is 80.5 Å². The number of aryl methyl sites for hydroxylation is 2. The Balaban J connectivity index is 0.00000117. The summed E-state index contributed by atoms with van der Waals surface area (Å²) < 4.78 is 11.5. The number of primary amides is 1. The predicted molar refractivity (Wildman–Crippen MR) is 171 cm³/mol. The summed E-state index contributed by atoms with van der Waals surface area (Å²) in [6.07, 6.45) is 9.71. The Bertz CT molecular complexity index is 1070. The third kappa shape index (κ3) is 15.1. The van der Waals surface area contributed by atoms with E-state index < -0.39 is 23.4 Å². The van der Waals surface area contributed by atoms with Crippen LogP contribution in [0.15, 0.2) is 64.2 Å². The Morgan fingerprint density at radius 3 is 2.25 bits per heavy atom. The second-order valence-electron chi connectivity index (χ2n) is 10.8. The van der Waals surface area contributed by atoms with Gasteiger partial charge in [-0.15, -0.1) is 0 Å². The summed E-state index contributed by atoms with van der Waals surface area (Å²) in [6.45, 7) is 23.3. The molecular weight excluding hydrogens is 570 g/mol. The van der Waals surface area contributed by atoms with Crippen molar-refractivity contribution in [2.24, 2.45) is 10.7 Å². The topological polar surface area (TPSA) is 94.2 Å². The molecule has 0 aromatic heterocycles. The second-order valence-corrected chi connectivity index (χ2v) is 11.6. The number of amidine groups is 1. The molecule has 0 spiro atoms. The number of nitrogens with zero attached hydrogens (tertiary/aromatic N) is 2. The Morgan fingerprint density at radius 1 is 1.12 bits per heavy atom. The normalized spacial score (nSPS) is 17.2. The monoisotopic (exact) mass is 619 g/mol. The molecule has 2 rings (SSSR count). The van der Waals surface area contributed by atoms with Gasteiger partial charge in [0.05, 0.1) is 6.04 Å². The van der Waals surface area contributed by atoms with Gasteiger partial charge in [0, 0.05) is 16.6 Å². The molecule has 1 aliphatic rings. The molecule has 8 heteroatoms. The number of amides is 2. The average Bonchev–Trinajstić information content (AvgIpc) is 2.84. The van der Waals surface area contributed by atoms with Crippen LogP contribution >= 0.6 is 15.9 Å². The summed E-state index contributed by atoms with van der Waals surface area (Å²) in [6, 6.07) is 6.27. The first-order valence-corrected chi connectivity index (χ1v) is 14.7. The predicted octanol–water partition coefficient (Wildman–Crippen LogP) is 9.04. The maximum absolute atomic E-state index is 13.0. The number of ether oxygens (including phenoxy) is 2. The minimum Gasteiger partial charge on any atom is -0.444 e. The Hall–Kier alpha value is -2.87. The Kier molecular flexibility index (Phi) is 16.5. The molecule has 40 heavy (non-hydrogen) atoms. The van der Waals surface area contributed by atoms with Crippen LogP contribution in [0.25, 0.3) is 0 Å². The van der Waals surface area contributed by atoms with Crippen molar-refractivity contribution in [1.82, 2.24) is 4.90 Å². The van der Waals surface area contributed by atoms with Gasteiger partial charge in [-0.05, 0) is 91.0 Å². The van der Waals surface area contributed by atoms with Crippen LogP contribution in [0.2, 0.25) is 0 Å². The molecule has 1 atom stereocenters. The molecule has 0 bridgehead atoms. The lowest BCUT2D eigenvalue weighted by Crippen LogP contribution is -2.40. The lowest BCUT2D eigenvalue weighted by atomic mass is 10.1. The van der Waals surface area contributed by atoms with Crippen LogP contribution < -0.4 is 5.73 Å². The molecule has 224 valence electrons. The fraction of sp³-hybridized carbons (Fsp3) is 0.531. The van der Waals surface area contributed by atoms with Crippen LogP contribution in [-0.4, -0.2) is 40.2 Å². The molecular formula is C32H50BrN3O4. The zero-order valence-corrected chi connectivity index (χ0v) is 27.7. The van der Waals surface area contributed by atoms with Crippen molar-refractivity contribution in [3.8, 4) is 0 Å². The molecule has 0 saturated carbocycles. The molecule has 1 aliphatic heterocycles. The standard InChI is InChI=1S/C24H31BrN2O2.C6H13NO2.C2H6/c1-17-12-13-20(16-21(17)25)14-15-22-26-18(2)10-8-7-9-11-19(3)27(22)23(28)29-24(4,5)6;1-4-6(2,3)9-5(7)8;1-2/h8-13,16,18H,3,7,14-15H2,1-2,4-6H3;4H2,1-3H3,(H2,7,8);1-2H3/b10-8-,11-9-,26-22?;;. The van der Waals surface area contributed by atoms with Crippen LogP contribution in [0.5, 0.6) is 0 Å². The van der Waals surface area contributed by atoms with Crippen molar-refractivity contribution in [3.05, 3.63) is 70.4 Å². The highest BCUT2D eigenvalue weighted by molar-refractivity contribution is 9.10. The summed E-state index contributed by atoms with van der Waals surface area (Å²) in [5, 5.41) is 0. The number of hydrogen-bond acceptors (Lipinski definition) is 5. The fourth-order valence-corrected chi connectivity index (χ4v) is 3.66. The Labute approximate surface area is 250 Å². The van der Waals surface area contributed by atoms with E-state index in [9.17, 15) is 9.59 Å². The molecule has 0 saturated heterocycles. The third-order valence-corrected chi connectivity index (χ3v) is 6.43. The van der Waals surface area contributed by atoms with Crippen molar-refractivity contribution in [3.63, 3.8) is 0 Å².